The minimum Gasteiger partial charge on any atom is -0.493 e. The average molecular weight is 271 g/mol. The van der Waals surface area contributed by atoms with Gasteiger partial charge in [0.1, 0.15) is 5.75 Å². The van der Waals surface area contributed by atoms with Crippen LogP contribution < -0.4 is 10.5 Å². The quantitative estimate of drug-likeness (QED) is 0.929. The third-order valence-corrected chi connectivity index (χ3v) is 4.05. The van der Waals surface area contributed by atoms with E-state index in [0.717, 1.165) is 31.4 Å². The molecule has 3 rings (SSSR count). The highest BCUT2D eigenvalue weighted by Crippen LogP contribution is 2.34. The second kappa shape index (κ2) is 5.67. The predicted octanol–water partition coefficient (Wildman–Crippen LogP) is 2.38. The molecule has 1 heterocycles. The lowest BCUT2D eigenvalue weighted by atomic mass is 9.87. The lowest BCUT2D eigenvalue weighted by Crippen LogP contribution is -2.18. The number of aryl methyl sites for hydroxylation is 1. The minimum absolute atomic E-state index is 0.166. The van der Waals surface area contributed by atoms with Crippen LogP contribution in [0.25, 0.3) is 0 Å². The summed E-state index contributed by atoms with van der Waals surface area (Å²) in [5.74, 6) is 1.000. The van der Waals surface area contributed by atoms with Crippen molar-refractivity contribution in [1.82, 2.24) is 9.78 Å². The highest BCUT2D eigenvalue weighted by atomic mass is 16.5. The van der Waals surface area contributed by atoms with Gasteiger partial charge in [0.25, 0.3) is 0 Å². The topological polar surface area (TPSA) is 53.1 Å². The van der Waals surface area contributed by atoms with Crippen LogP contribution in [0.5, 0.6) is 5.75 Å². The van der Waals surface area contributed by atoms with E-state index in [9.17, 15) is 0 Å². The number of benzene rings is 1. The lowest BCUT2D eigenvalue weighted by Gasteiger charge is -2.24. The number of hydrogen-bond donors (Lipinski definition) is 1. The van der Waals surface area contributed by atoms with Gasteiger partial charge in [0.05, 0.1) is 6.61 Å². The van der Waals surface area contributed by atoms with Gasteiger partial charge in [-0.15, -0.1) is 0 Å². The van der Waals surface area contributed by atoms with Crippen molar-refractivity contribution in [2.24, 2.45) is 12.8 Å². The maximum atomic E-state index is 6.17. The third-order valence-electron chi connectivity index (χ3n) is 4.05. The van der Waals surface area contributed by atoms with Crippen molar-refractivity contribution in [3.05, 3.63) is 47.3 Å². The van der Waals surface area contributed by atoms with Gasteiger partial charge in [0, 0.05) is 31.4 Å². The van der Waals surface area contributed by atoms with Crippen LogP contribution in [-0.2, 0) is 19.9 Å². The fourth-order valence-electron chi connectivity index (χ4n) is 2.90. The Bertz CT molecular complexity index is 591. The molecular formula is C16H21N3O. The summed E-state index contributed by atoms with van der Waals surface area (Å²) < 4.78 is 7.87. The molecule has 20 heavy (non-hydrogen) atoms. The first-order valence-corrected chi connectivity index (χ1v) is 7.23. The zero-order valence-corrected chi connectivity index (χ0v) is 11.9. The first-order chi connectivity index (χ1) is 9.75. The number of hydrogen-bond acceptors (Lipinski definition) is 3. The number of rotatable bonds is 4. The number of nitrogens with two attached hydrogens (primary N) is 1. The molecule has 1 aliphatic rings. The Balaban J connectivity index is 1.69. The maximum absolute atomic E-state index is 6.17. The Morgan fingerprint density at radius 1 is 1.40 bits per heavy atom. The summed E-state index contributed by atoms with van der Waals surface area (Å²) in [7, 11) is 1.96. The number of aromatic nitrogens is 2. The molecule has 1 aromatic carbocycles. The van der Waals surface area contributed by atoms with E-state index in [2.05, 4.69) is 17.2 Å². The molecule has 0 fully saturated rings. The Kier molecular flexibility index (Phi) is 3.74. The Hall–Kier alpha value is -1.81. The largest absolute Gasteiger partial charge is 0.493 e. The maximum Gasteiger partial charge on any atom is 0.122 e. The van der Waals surface area contributed by atoms with E-state index in [0.29, 0.717) is 6.61 Å². The normalized spacial score (nSPS) is 17.8. The molecule has 0 spiro atoms. The van der Waals surface area contributed by atoms with E-state index in [1.54, 1.807) is 0 Å². The van der Waals surface area contributed by atoms with Crippen molar-refractivity contribution in [3.63, 3.8) is 0 Å². The molecule has 0 radical (unpaired) electrons. The van der Waals surface area contributed by atoms with Crippen LogP contribution in [0.15, 0.2) is 30.5 Å². The van der Waals surface area contributed by atoms with E-state index >= 15 is 0 Å². The highest BCUT2D eigenvalue weighted by Gasteiger charge is 2.19. The second-order valence-electron chi connectivity index (χ2n) is 5.37. The molecule has 0 saturated carbocycles. The molecule has 4 nitrogen and oxygen atoms in total. The molecule has 1 atom stereocenters. The first kappa shape index (κ1) is 13.2. The van der Waals surface area contributed by atoms with Crippen LogP contribution in [-0.4, -0.2) is 16.4 Å². The van der Waals surface area contributed by atoms with Crippen molar-refractivity contribution in [2.45, 2.75) is 31.7 Å². The smallest absolute Gasteiger partial charge is 0.122 e. The predicted molar refractivity (Wildman–Crippen MR) is 78.7 cm³/mol. The molecule has 1 unspecified atom stereocenters. The molecule has 0 saturated heterocycles. The van der Waals surface area contributed by atoms with Gasteiger partial charge in [-0.1, -0.05) is 12.1 Å². The van der Waals surface area contributed by atoms with Gasteiger partial charge in [0.2, 0.25) is 0 Å². The summed E-state index contributed by atoms with van der Waals surface area (Å²) in [5, 5.41) is 4.17. The zero-order valence-electron chi connectivity index (χ0n) is 11.9. The Labute approximate surface area is 119 Å². The van der Waals surface area contributed by atoms with Gasteiger partial charge in [-0.3, -0.25) is 4.68 Å². The fourth-order valence-corrected chi connectivity index (χ4v) is 2.90. The number of ether oxygens (including phenoxy) is 1. The molecule has 0 bridgehead atoms. The standard InChI is InChI=1S/C16H21N3O/c1-19-12(8-10-18-19)9-11-20-16-7-3-4-13-14(16)5-2-6-15(13)17/h3-4,7-8,10,15H,2,5-6,9,11,17H2,1H3. The van der Waals surface area contributed by atoms with Crippen LogP contribution in [0.3, 0.4) is 0 Å². The van der Waals surface area contributed by atoms with Crippen LogP contribution in [0.4, 0.5) is 0 Å². The molecule has 0 aliphatic heterocycles. The fraction of sp³-hybridized carbons (Fsp3) is 0.438. The molecular weight excluding hydrogens is 250 g/mol. The van der Waals surface area contributed by atoms with Crippen molar-refractivity contribution in [1.29, 1.82) is 0 Å². The van der Waals surface area contributed by atoms with Crippen molar-refractivity contribution >= 4 is 0 Å². The Morgan fingerprint density at radius 2 is 2.30 bits per heavy atom. The summed E-state index contributed by atoms with van der Waals surface area (Å²) in [5.41, 5.74) is 9.92. The van der Waals surface area contributed by atoms with Gasteiger partial charge < -0.3 is 10.5 Å². The first-order valence-electron chi connectivity index (χ1n) is 7.23. The molecule has 106 valence electrons. The van der Waals surface area contributed by atoms with Gasteiger partial charge in [-0.25, -0.2) is 0 Å². The summed E-state index contributed by atoms with van der Waals surface area (Å²) in [6.07, 6.45) is 5.98. The van der Waals surface area contributed by atoms with E-state index in [-0.39, 0.29) is 6.04 Å². The van der Waals surface area contributed by atoms with Crippen LogP contribution in [0.1, 0.15) is 35.7 Å². The van der Waals surface area contributed by atoms with Crippen LogP contribution in [0.2, 0.25) is 0 Å². The third kappa shape index (κ3) is 2.56. The van der Waals surface area contributed by atoms with E-state index in [1.807, 2.05) is 30.1 Å². The monoisotopic (exact) mass is 271 g/mol. The van der Waals surface area contributed by atoms with Gasteiger partial charge in [-0.05, 0) is 42.5 Å². The second-order valence-corrected chi connectivity index (χ2v) is 5.37. The average Bonchev–Trinajstić information content (AvgIpc) is 2.86. The molecule has 0 amide bonds. The minimum atomic E-state index is 0.166. The van der Waals surface area contributed by atoms with E-state index in [4.69, 9.17) is 10.5 Å². The van der Waals surface area contributed by atoms with E-state index < -0.39 is 0 Å². The van der Waals surface area contributed by atoms with Crippen molar-refractivity contribution in [3.8, 4) is 5.75 Å². The van der Waals surface area contributed by atoms with Gasteiger partial charge in [0.15, 0.2) is 0 Å². The van der Waals surface area contributed by atoms with Crippen molar-refractivity contribution < 1.29 is 4.74 Å². The number of nitrogens with zero attached hydrogens (tertiary/aromatic N) is 2. The summed E-state index contributed by atoms with van der Waals surface area (Å²) in [6.45, 7) is 0.672. The summed E-state index contributed by atoms with van der Waals surface area (Å²) in [4.78, 5) is 0. The Morgan fingerprint density at radius 3 is 3.10 bits per heavy atom. The van der Waals surface area contributed by atoms with Gasteiger partial charge in [-0.2, -0.15) is 5.10 Å². The lowest BCUT2D eigenvalue weighted by molar-refractivity contribution is 0.312. The zero-order chi connectivity index (χ0) is 13.9. The summed E-state index contributed by atoms with van der Waals surface area (Å²) in [6, 6.07) is 8.43. The van der Waals surface area contributed by atoms with Crippen molar-refractivity contribution in [2.75, 3.05) is 6.61 Å². The summed E-state index contributed by atoms with van der Waals surface area (Å²) >= 11 is 0. The molecule has 1 aliphatic carbocycles. The SMILES string of the molecule is Cn1nccc1CCOc1cccc2c1CCCC2N. The molecule has 2 N–H and O–H groups in total. The van der Waals surface area contributed by atoms with Crippen LogP contribution in [0, 0.1) is 0 Å². The molecule has 4 heteroatoms. The van der Waals surface area contributed by atoms with Gasteiger partial charge >= 0.3 is 0 Å². The highest BCUT2D eigenvalue weighted by molar-refractivity contribution is 5.43. The van der Waals surface area contributed by atoms with E-state index in [1.165, 1.54) is 16.8 Å². The number of fused-ring (bicyclic) bond motifs is 1. The van der Waals surface area contributed by atoms with Crippen LogP contribution >= 0.6 is 0 Å². The molecule has 1 aromatic heterocycles. The molecule has 2 aromatic rings.